The van der Waals surface area contributed by atoms with Gasteiger partial charge in [-0.25, -0.2) is 0 Å². The standard InChI is InChI=1S/C14H22N2O4S/c1-19-8-7-16-13(17)5-6-15-10-12-4-3-11(21-12)9-14(18)20-2/h3-4,15H,5-10H2,1-2H3,(H,16,17). The lowest BCUT2D eigenvalue weighted by atomic mass is 10.3. The number of hydrogen-bond donors (Lipinski definition) is 2. The van der Waals surface area contributed by atoms with Gasteiger partial charge in [-0.1, -0.05) is 0 Å². The summed E-state index contributed by atoms with van der Waals surface area (Å²) in [7, 11) is 2.99. The third-order valence-electron chi connectivity index (χ3n) is 2.72. The molecule has 1 aromatic heterocycles. The lowest BCUT2D eigenvalue weighted by Crippen LogP contribution is -2.29. The van der Waals surface area contributed by atoms with E-state index < -0.39 is 0 Å². The maximum Gasteiger partial charge on any atom is 0.310 e. The van der Waals surface area contributed by atoms with Gasteiger partial charge in [-0.2, -0.15) is 0 Å². The first-order valence-electron chi connectivity index (χ1n) is 6.76. The normalized spacial score (nSPS) is 10.4. The van der Waals surface area contributed by atoms with E-state index >= 15 is 0 Å². The van der Waals surface area contributed by atoms with E-state index in [1.807, 2.05) is 12.1 Å². The van der Waals surface area contributed by atoms with Gasteiger partial charge in [-0.15, -0.1) is 11.3 Å². The maximum absolute atomic E-state index is 11.4. The molecule has 0 unspecified atom stereocenters. The van der Waals surface area contributed by atoms with Gasteiger partial charge >= 0.3 is 5.97 Å². The van der Waals surface area contributed by atoms with Crippen LogP contribution < -0.4 is 10.6 Å². The van der Waals surface area contributed by atoms with Crippen LogP contribution in [0.1, 0.15) is 16.2 Å². The molecule has 21 heavy (non-hydrogen) atoms. The van der Waals surface area contributed by atoms with Crippen molar-refractivity contribution in [1.29, 1.82) is 0 Å². The Morgan fingerprint density at radius 3 is 2.67 bits per heavy atom. The van der Waals surface area contributed by atoms with Crippen molar-refractivity contribution in [3.05, 3.63) is 21.9 Å². The highest BCUT2D eigenvalue weighted by atomic mass is 32.1. The first-order valence-corrected chi connectivity index (χ1v) is 7.58. The molecular weight excluding hydrogens is 292 g/mol. The zero-order chi connectivity index (χ0) is 15.5. The molecular formula is C14H22N2O4S. The molecule has 2 N–H and O–H groups in total. The summed E-state index contributed by atoms with van der Waals surface area (Å²) in [5, 5.41) is 5.97. The van der Waals surface area contributed by atoms with E-state index in [4.69, 9.17) is 4.74 Å². The fourth-order valence-electron chi connectivity index (χ4n) is 1.62. The quantitative estimate of drug-likeness (QED) is 0.491. The van der Waals surface area contributed by atoms with E-state index in [-0.39, 0.29) is 11.9 Å². The Morgan fingerprint density at radius 1 is 1.19 bits per heavy atom. The summed E-state index contributed by atoms with van der Waals surface area (Å²) in [6.07, 6.45) is 0.743. The van der Waals surface area contributed by atoms with E-state index in [1.165, 1.54) is 7.11 Å². The zero-order valence-electron chi connectivity index (χ0n) is 12.4. The molecule has 0 atom stereocenters. The highest BCUT2D eigenvalue weighted by molar-refractivity contribution is 7.12. The zero-order valence-corrected chi connectivity index (χ0v) is 13.3. The summed E-state index contributed by atoms with van der Waals surface area (Å²) in [5.41, 5.74) is 0. The van der Waals surface area contributed by atoms with Gasteiger partial charge < -0.3 is 20.1 Å². The van der Waals surface area contributed by atoms with Gasteiger partial charge in [0, 0.05) is 42.9 Å². The summed E-state index contributed by atoms with van der Waals surface area (Å²) in [5.74, 6) is -0.221. The van der Waals surface area contributed by atoms with Gasteiger partial charge in [0.15, 0.2) is 0 Å². The topological polar surface area (TPSA) is 76.7 Å². The smallest absolute Gasteiger partial charge is 0.310 e. The highest BCUT2D eigenvalue weighted by Gasteiger charge is 2.06. The highest BCUT2D eigenvalue weighted by Crippen LogP contribution is 2.17. The van der Waals surface area contributed by atoms with Gasteiger partial charge in [0.25, 0.3) is 0 Å². The van der Waals surface area contributed by atoms with Crippen LogP contribution >= 0.6 is 11.3 Å². The lowest BCUT2D eigenvalue weighted by Gasteiger charge is -2.05. The average Bonchev–Trinajstić information content (AvgIpc) is 2.91. The largest absolute Gasteiger partial charge is 0.469 e. The second-order valence-corrected chi connectivity index (χ2v) is 5.64. The number of esters is 1. The summed E-state index contributed by atoms with van der Waals surface area (Å²) in [4.78, 5) is 24.7. The van der Waals surface area contributed by atoms with Crippen molar-refractivity contribution in [2.24, 2.45) is 0 Å². The first-order chi connectivity index (χ1) is 10.2. The molecule has 0 aromatic carbocycles. The fraction of sp³-hybridized carbons (Fsp3) is 0.571. The summed E-state index contributed by atoms with van der Waals surface area (Å²) >= 11 is 1.57. The Morgan fingerprint density at radius 2 is 1.95 bits per heavy atom. The van der Waals surface area contributed by atoms with E-state index in [0.717, 1.165) is 9.75 Å². The Kier molecular flexibility index (Phi) is 8.65. The van der Waals surface area contributed by atoms with Crippen molar-refractivity contribution in [1.82, 2.24) is 10.6 Å². The van der Waals surface area contributed by atoms with Crippen LogP contribution in [-0.2, 0) is 32.0 Å². The Bertz CT molecular complexity index is 448. The molecule has 7 heteroatoms. The lowest BCUT2D eigenvalue weighted by molar-refractivity contribution is -0.139. The van der Waals surface area contributed by atoms with Crippen molar-refractivity contribution in [2.45, 2.75) is 19.4 Å². The molecule has 6 nitrogen and oxygen atoms in total. The average molecular weight is 314 g/mol. The van der Waals surface area contributed by atoms with Gasteiger partial charge in [-0.3, -0.25) is 9.59 Å². The van der Waals surface area contributed by atoms with Crippen molar-refractivity contribution in [2.75, 3.05) is 33.9 Å². The third kappa shape index (κ3) is 7.79. The van der Waals surface area contributed by atoms with Crippen molar-refractivity contribution in [3.63, 3.8) is 0 Å². The van der Waals surface area contributed by atoms with E-state index in [2.05, 4.69) is 15.4 Å². The van der Waals surface area contributed by atoms with E-state index in [9.17, 15) is 9.59 Å². The number of amides is 1. The van der Waals surface area contributed by atoms with Crippen LogP contribution in [0.3, 0.4) is 0 Å². The SMILES string of the molecule is COCCNC(=O)CCNCc1ccc(CC(=O)OC)s1. The molecule has 118 valence electrons. The Balaban J connectivity index is 2.15. The molecule has 0 radical (unpaired) electrons. The molecule has 0 bridgehead atoms. The molecule has 1 heterocycles. The Labute approximate surface area is 128 Å². The molecule has 0 aliphatic heterocycles. The van der Waals surface area contributed by atoms with E-state index in [1.54, 1.807) is 18.4 Å². The van der Waals surface area contributed by atoms with Gasteiger partial charge in [0.1, 0.15) is 0 Å². The number of rotatable bonds is 10. The van der Waals surface area contributed by atoms with E-state index in [0.29, 0.717) is 39.1 Å². The summed E-state index contributed by atoms with van der Waals surface area (Å²) in [6, 6.07) is 3.91. The number of ether oxygens (including phenoxy) is 2. The third-order valence-corrected chi connectivity index (χ3v) is 3.81. The minimum absolute atomic E-state index is 0.0112. The monoisotopic (exact) mass is 314 g/mol. The number of carbonyl (C=O) groups is 2. The van der Waals surface area contributed by atoms with Crippen LogP contribution in [0.2, 0.25) is 0 Å². The van der Waals surface area contributed by atoms with Crippen molar-refractivity contribution >= 4 is 23.2 Å². The van der Waals surface area contributed by atoms with Crippen LogP contribution in [0.25, 0.3) is 0 Å². The number of methoxy groups -OCH3 is 2. The predicted molar refractivity (Wildman–Crippen MR) is 81.2 cm³/mol. The second kappa shape index (κ2) is 10.3. The Hall–Kier alpha value is -1.44. The molecule has 1 amide bonds. The molecule has 0 saturated heterocycles. The minimum Gasteiger partial charge on any atom is -0.469 e. The molecule has 0 aliphatic carbocycles. The van der Waals surface area contributed by atoms with Crippen LogP contribution in [0.5, 0.6) is 0 Å². The van der Waals surface area contributed by atoms with Crippen LogP contribution in [0.4, 0.5) is 0 Å². The van der Waals surface area contributed by atoms with Gasteiger partial charge in [0.05, 0.1) is 20.1 Å². The number of carbonyl (C=O) groups excluding carboxylic acids is 2. The minimum atomic E-state index is -0.232. The van der Waals surface area contributed by atoms with Gasteiger partial charge in [0.2, 0.25) is 5.91 Å². The van der Waals surface area contributed by atoms with Crippen LogP contribution in [-0.4, -0.2) is 45.8 Å². The number of thiophene rings is 1. The first kappa shape index (κ1) is 17.6. The molecule has 1 aromatic rings. The molecule has 0 saturated carbocycles. The van der Waals surface area contributed by atoms with Crippen LogP contribution in [0.15, 0.2) is 12.1 Å². The number of hydrogen-bond acceptors (Lipinski definition) is 6. The predicted octanol–water partition coefficient (Wildman–Crippen LogP) is 0.706. The number of nitrogens with one attached hydrogen (secondary N) is 2. The summed E-state index contributed by atoms with van der Waals surface area (Å²) in [6.45, 7) is 2.37. The molecule has 0 spiro atoms. The molecule has 0 aliphatic rings. The van der Waals surface area contributed by atoms with Gasteiger partial charge in [-0.05, 0) is 12.1 Å². The molecule has 1 rings (SSSR count). The van der Waals surface area contributed by atoms with Crippen LogP contribution in [0, 0.1) is 0 Å². The summed E-state index contributed by atoms with van der Waals surface area (Å²) < 4.78 is 9.48. The fourth-order valence-corrected chi connectivity index (χ4v) is 2.59. The molecule has 0 fully saturated rings. The second-order valence-electron chi connectivity index (χ2n) is 4.39. The van der Waals surface area contributed by atoms with Crippen molar-refractivity contribution < 1.29 is 19.1 Å². The maximum atomic E-state index is 11.4. The van der Waals surface area contributed by atoms with Crippen molar-refractivity contribution in [3.8, 4) is 0 Å².